The number of benzene rings is 4. The molecule has 51 heavy (non-hydrogen) atoms. The zero-order valence-corrected chi connectivity index (χ0v) is 28.9. The van der Waals surface area contributed by atoms with E-state index in [0.29, 0.717) is 41.7 Å². The van der Waals surface area contributed by atoms with Crippen LogP contribution in [0.1, 0.15) is 60.3 Å². The Labute approximate surface area is 301 Å². The summed E-state index contributed by atoms with van der Waals surface area (Å²) in [5.41, 5.74) is 12.7. The fourth-order valence-corrected chi connectivity index (χ4v) is 6.66. The van der Waals surface area contributed by atoms with Gasteiger partial charge in [-0.25, -0.2) is 9.97 Å². The third kappa shape index (κ3) is 10.0. The molecule has 4 aromatic carbocycles. The molecule has 0 saturated carbocycles. The van der Waals surface area contributed by atoms with Gasteiger partial charge in [-0.05, 0) is 52.4 Å². The van der Waals surface area contributed by atoms with E-state index in [1.165, 1.54) is 0 Å². The number of thioether (sulfide) groups is 1. The average molecular weight is 704 g/mol. The minimum atomic E-state index is -0.584. The second kappa shape index (κ2) is 17.7. The molecule has 10 nitrogen and oxygen atoms in total. The third-order valence-electron chi connectivity index (χ3n) is 8.59. The molecule has 5 N–H and O–H groups in total. The van der Waals surface area contributed by atoms with Crippen LogP contribution in [0.2, 0.25) is 0 Å². The smallest absolute Gasteiger partial charge is 0.224 e. The Kier molecular flexibility index (Phi) is 12.4. The van der Waals surface area contributed by atoms with Crippen LogP contribution >= 0.6 is 11.8 Å². The van der Waals surface area contributed by atoms with E-state index in [2.05, 4.69) is 20.6 Å². The summed E-state index contributed by atoms with van der Waals surface area (Å²) in [5, 5.41) is 16.0. The van der Waals surface area contributed by atoms with Crippen LogP contribution in [-0.4, -0.2) is 38.7 Å². The number of para-hydroxylation sites is 2. The van der Waals surface area contributed by atoms with Gasteiger partial charge in [0, 0.05) is 49.5 Å². The number of amides is 2. The number of aliphatic hydroxyl groups is 1. The third-order valence-corrected chi connectivity index (χ3v) is 9.59. The summed E-state index contributed by atoms with van der Waals surface area (Å²) in [6, 6.07) is 32.8. The number of hydrogen-bond donors (Lipinski definition) is 4. The Morgan fingerprint density at radius 2 is 1.53 bits per heavy atom. The van der Waals surface area contributed by atoms with Crippen LogP contribution < -0.4 is 16.4 Å². The van der Waals surface area contributed by atoms with Gasteiger partial charge in [-0.15, -0.1) is 0 Å². The Bertz CT molecular complexity index is 1890. The van der Waals surface area contributed by atoms with Crippen molar-refractivity contribution in [3.05, 3.63) is 138 Å². The molecule has 6 rings (SSSR count). The van der Waals surface area contributed by atoms with Gasteiger partial charge in [-0.1, -0.05) is 96.7 Å². The SMILES string of the molecule is Nc1ccccc1NC(=O)CCCC(=O)NCc1ccccc1-c1ccc([C@H]2O[C@@H](CSc3ncccn3)C[C@@H](c3ccc(CO)cc3)O2)cc1. The highest BCUT2D eigenvalue weighted by atomic mass is 32.2. The lowest BCUT2D eigenvalue weighted by Crippen LogP contribution is -2.31. The number of carbonyl (C=O) groups excluding carboxylic acids is 2. The zero-order chi connectivity index (χ0) is 35.4. The molecule has 1 aliphatic heterocycles. The van der Waals surface area contributed by atoms with Gasteiger partial charge in [-0.3, -0.25) is 9.59 Å². The molecule has 1 aliphatic rings. The summed E-state index contributed by atoms with van der Waals surface area (Å²) in [6.45, 7) is 0.349. The summed E-state index contributed by atoms with van der Waals surface area (Å²) in [4.78, 5) is 33.7. The number of aromatic nitrogens is 2. The van der Waals surface area contributed by atoms with Crippen LogP contribution in [0, 0.1) is 0 Å². The van der Waals surface area contributed by atoms with E-state index in [4.69, 9.17) is 15.2 Å². The molecule has 0 bridgehead atoms. The number of carbonyl (C=O) groups is 2. The van der Waals surface area contributed by atoms with Gasteiger partial charge < -0.3 is 30.9 Å². The molecule has 0 spiro atoms. The zero-order valence-electron chi connectivity index (χ0n) is 28.1. The van der Waals surface area contributed by atoms with Crippen molar-refractivity contribution in [2.75, 3.05) is 16.8 Å². The van der Waals surface area contributed by atoms with Crippen molar-refractivity contribution in [3.8, 4) is 11.1 Å². The van der Waals surface area contributed by atoms with Gasteiger partial charge in [-0.2, -0.15) is 0 Å². The molecule has 1 aromatic heterocycles. The molecule has 1 saturated heterocycles. The quantitative estimate of drug-likeness (QED) is 0.0546. The first kappa shape index (κ1) is 35.7. The number of nitrogen functional groups attached to an aromatic ring is 1. The molecular formula is C40H41N5O5S. The predicted octanol–water partition coefficient (Wildman–Crippen LogP) is 6.98. The molecule has 3 atom stereocenters. The van der Waals surface area contributed by atoms with Gasteiger partial charge in [0.1, 0.15) is 0 Å². The molecule has 2 amide bonds. The highest BCUT2D eigenvalue weighted by Gasteiger charge is 2.32. The maximum absolute atomic E-state index is 12.7. The van der Waals surface area contributed by atoms with Crippen molar-refractivity contribution < 1.29 is 24.2 Å². The van der Waals surface area contributed by atoms with Gasteiger partial charge in [0.05, 0.1) is 30.2 Å². The second-order valence-corrected chi connectivity index (χ2v) is 13.2. The lowest BCUT2D eigenvalue weighted by Gasteiger charge is -2.36. The Morgan fingerprint density at radius 3 is 2.29 bits per heavy atom. The van der Waals surface area contributed by atoms with Crippen LogP contribution in [0.3, 0.4) is 0 Å². The van der Waals surface area contributed by atoms with E-state index in [-0.39, 0.29) is 43.5 Å². The first-order valence-corrected chi connectivity index (χ1v) is 17.9. The molecule has 11 heteroatoms. The summed E-state index contributed by atoms with van der Waals surface area (Å²) < 4.78 is 13.0. The van der Waals surface area contributed by atoms with E-state index in [0.717, 1.165) is 33.4 Å². The average Bonchev–Trinajstić information content (AvgIpc) is 3.17. The maximum atomic E-state index is 12.7. The standard InChI is InChI=1S/C40H41N5O5S/c41-34-9-3-4-10-35(34)45-38(48)12-5-11-37(47)44-24-31-7-1-2-8-33(31)28-17-19-30(20-18-28)39-49-32(26-51-40-42-21-6-22-43-40)23-36(50-39)29-15-13-27(25-46)14-16-29/h1-4,6-10,13-22,32,36,39,46H,5,11-12,23-26,41H2,(H,44,47)(H,45,48)/t32-,36+,39+/m1/s1. The largest absolute Gasteiger partial charge is 0.397 e. The van der Waals surface area contributed by atoms with E-state index >= 15 is 0 Å². The van der Waals surface area contributed by atoms with Crippen LogP contribution in [0.4, 0.5) is 11.4 Å². The fourth-order valence-electron chi connectivity index (χ4n) is 5.84. The first-order valence-electron chi connectivity index (χ1n) is 16.9. The van der Waals surface area contributed by atoms with E-state index in [1.54, 1.807) is 54.5 Å². The Hall–Kier alpha value is -5.07. The first-order chi connectivity index (χ1) is 24.9. The molecule has 5 aromatic rings. The number of aliphatic hydroxyl groups excluding tert-OH is 1. The molecule has 1 fully saturated rings. The maximum Gasteiger partial charge on any atom is 0.224 e. The van der Waals surface area contributed by atoms with Gasteiger partial charge in [0.25, 0.3) is 0 Å². The van der Waals surface area contributed by atoms with Crippen LogP contribution in [0.15, 0.2) is 121 Å². The molecule has 0 radical (unpaired) electrons. The second-order valence-electron chi connectivity index (χ2n) is 12.2. The molecule has 0 unspecified atom stereocenters. The van der Waals surface area contributed by atoms with Crippen LogP contribution in [0.5, 0.6) is 0 Å². The summed E-state index contributed by atoms with van der Waals surface area (Å²) in [5.74, 6) is 0.371. The van der Waals surface area contributed by atoms with Crippen molar-refractivity contribution in [2.45, 2.75) is 62.5 Å². The topological polar surface area (TPSA) is 149 Å². The molecule has 2 heterocycles. The van der Waals surface area contributed by atoms with Crippen molar-refractivity contribution in [3.63, 3.8) is 0 Å². The Balaban J connectivity index is 1.07. The van der Waals surface area contributed by atoms with Crippen molar-refractivity contribution in [1.29, 1.82) is 0 Å². The number of ether oxygens (including phenoxy) is 2. The van der Waals surface area contributed by atoms with Crippen molar-refractivity contribution >= 4 is 35.0 Å². The highest BCUT2D eigenvalue weighted by Crippen LogP contribution is 2.39. The van der Waals surface area contributed by atoms with E-state index in [9.17, 15) is 14.7 Å². The lowest BCUT2D eigenvalue weighted by atomic mass is 9.97. The minimum absolute atomic E-state index is 0.0120. The van der Waals surface area contributed by atoms with Crippen LogP contribution in [0.25, 0.3) is 11.1 Å². The summed E-state index contributed by atoms with van der Waals surface area (Å²) >= 11 is 1.55. The summed E-state index contributed by atoms with van der Waals surface area (Å²) in [6.07, 6.45) is 4.12. The number of anilines is 2. The lowest BCUT2D eigenvalue weighted by molar-refractivity contribution is -0.245. The highest BCUT2D eigenvalue weighted by molar-refractivity contribution is 7.99. The number of nitrogens with two attached hydrogens (primary N) is 1. The van der Waals surface area contributed by atoms with Crippen molar-refractivity contribution in [1.82, 2.24) is 15.3 Å². The molecular weight excluding hydrogens is 663 g/mol. The van der Waals surface area contributed by atoms with E-state index < -0.39 is 6.29 Å². The number of nitrogens with one attached hydrogen (secondary N) is 2. The monoisotopic (exact) mass is 703 g/mol. The van der Waals surface area contributed by atoms with Crippen molar-refractivity contribution in [2.24, 2.45) is 0 Å². The predicted molar refractivity (Wildman–Crippen MR) is 198 cm³/mol. The Morgan fingerprint density at radius 1 is 0.824 bits per heavy atom. The van der Waals surface area contributed by atoms with E-state index in [1.807, 2.05) is 72.8 Å². The van der Waals surface area contributed by atoms with Crippen LogP contribution in [-0.2, 0) is 32.2 Å². The minimum Gasteiger partial charge on any atom is -0.397 e. The number of nitrogens with zero attached hydrogens (tertiary/aromatic N) is 2. The van der Waals surface area contributed by atoms with Gasteiger partial charge >= 0.3 is 0 Å². The number of hydrogen-bond acceptors (Lipinski definition) is 9. The van der Waals surface area contributed by atoms with Gasteiger partial charge in [0.2, 0.25) is 11.8 Å². The van der Waals surface area contributed by atoms with Gasteiger partial charge in [0.15, 0.2) is 11.4 Å². The summed E-state index contributed by atoms with van der Waals surface area (Å²) in [7, 11) is 0. The number of rotatable bonds is 14. The normalized spacial score (nSPS) is 17.1. The molecule has 0 aliphatic carbocycles. The molecule has 262 valence electrons. The fraction of sp³-hybridized carbons (Fsp3) is 0.250.